The molecule has 1 amide bonds. The largest absolute Gasteiger partial charge is 0.354 e. The van der Waals surface area contributed by atoms with Crippen LogP contribution < -0.4 is 5.32 Å². The molecule has 0 spiro atoms. The van der Waals surface area contributed by atoms with Crippen molar-refractivity contribution in [2.24, 2.45) is 5.41 Å². The van der Waals surface area contributed by atoms with Crippen LogP contribution in [0.5, 0.6) is 0 Å². The lowest BCUT2D eigenvalue weighted by molar-refractivity contribution is -0.129. The molecule has 0 aromatic carbocycles. The van der Waals surface area contributed by atoms with Crippen LogP contribution in [0, 0.1) is 16.2 Å². The van der Waals surface area contributed by atoms with E-state index in [0.29, 0.717) is 18.4 Å². The van der Waals surface area contributed by atoms with E-state index in [4.69, 9.17) is 10.8 Å². The Morgan fingerprint density at radius 1 is 1.39 bits per heavy atom. The molecule has 0 radical (unpaired) electrons. The number of carbonyl (C=O) groups excluding carboxylic acids is 1. The lowest BCUT2D eigenvalue weighted by Crippen LogP contribution is -2.48. The maximum Gasteiger partial charge on any atom is 0.228 e. The van der Waals surface area contributed by atoms with Crippen molar-refractivity contribution in [2.75, 3.05) is 6.54 Å². The summed E-state index contributed by atoms with van der Waals surface area (Å²) in [5.41, 5.74) is -0.507. The van der Waals surface area contributed by atoms with Crippen molar-refractivity contribution in [3.05, 3.63) is 0 Å². The Morgan fingerprint density at radius 3 is 2.56 bits per heavy atom. The molecule has 0 aromatic rings. The lowest BCUT2D eigenvalue weighted by Gasteiger charge is -2.34. The SMILES string of the molecule is CC1(C)CN(C2CCCC2)C(=N)C(C=N)NC1=O. The molecule has 1 aliphatic carbocycles. The summed E-state index contributed by atoms with van der Waals surface area (Å²) in [6.45, 7) is 4.39. The van der Waals surface area contributed by atoms with Gasteiger partial charge in [-0.25, -0.2) is 0 Å². The van der Waals surface area contributed by atoms with Gasteiger partial charge in [0.1, 0.15) is 11.9 Å². The van der Waals surface area contributed by atoms with Gasteiger partial charge in [0.2, 0.25) is 5.91 Å². The van der Waals surface area contributed by atoms with Gasteiger partial charge in [-0.05, 0) is 26.7 Å². The highest BCUT2D eigenvalue weighted by Crippen LogP contribution is 2.29. The topological polar surface area (TPSA) is 80.0 Å². The molecule has 2 aliphatic rings. The molecule has 100 valence electrons. The number of carbonyl (C=O) groups is 1. The molecule has 18 heavy (non-hydrogen) atoms. The van der Waals surface area contributed by atoms with E-state index in [0.717, 1.165) is 19.1 Å². The molecule has 5 heteroatoms. The zero-order valence-electron chi connectivity index (χ0n) is 11.1. The van der Waals surface area contributed by atoms with E-state index in [-0.39, 0.29) is 5.91 Å². The van der Waals surface area contributed by atoms with Crippen molar-refractivity contribution in [1.82, 2.24) is 10.2 Å². The second kappa shape index (κ2) is 4.71. The average Bonchev–Trinajstić information content (AvgIpc) is 2.82. The van der Waals surface area contributed by atoms with Crippen LogP contribution in [0.2, 0.25) is 0 Å². The number of nitrogens with zero attached hydrogens (tertiary/aromatic N) is 1. The summed E-state index contributed by atoms with van der Waals surface area (Å²) in [6, 6.07) is -0.202. The number of rotatable bonds is 2. The normalized spacial score (nSPS) is 29.0. The Hall–Kier alpha value is -1.39. The minimum atomic E-state index is -0.570. The summed E-state index contributed by atoms with van der Waals surface area (Å²) < 4.78 is 0. The standard InChI is InChI=1S/C13H22N4O/c1-13(2)8-17(9-5-3-4-6-9)11(15)10(7-14)16-12(13)18/h7,9-10,14-15H,3-6,8H2,1-2H3,(H,16,18). The summed E-state index contributed by atoms with van der Waals surface area (Å²) in [6.07, 6.45) is 5.75. The van der Waals surface area contributed by atoms with E-state index in [1.807, 2.05) is 18.7 Å². The van der Waals surface area contributed by atoms with Gasteiger partial charge in [-0.3, -0.25) is 10.2 Å². The van der Waals surface area contributed by atoms with Crippen LogP contribution in [-0.2, 0) is 4.79 Å². The van der Waals surface area contributed by atoms with Gasteiger partial charge in [-0.1, -0.05) is 12.8 Å². The summed E-state index contributed by atoms with van der Waals surface area (Å²) >= 11 is 0. The summed E-state index contributed by atoms with van der Waals surface area (Å²) in [5, 5.41) is 18.4. The molecule has 2 rings (SSSR count). The van der Waals surface area contributed by atoms with Crippen molar-refractivity contribution in [2.45, 2.75) is 51.6 Å². The molecule has 1 aliphatic heterocycles. The monoisotopic (exact) mass is 250 g/mol. The predicted molar refractivity (Wildman–Crippen MR) is 71.2 cm³/mol. The molecule has 2 fully saturated rings. The van der Waals surface area contributed by atoms with Crippen LogP contribution >= 0.6 is 0 Å². The van der Waals surface area contributed by atoms with E-state index in [1.54, 1.807) is 0 Å². The summed E-state index contributed by atoms with van der Waals surface area (Å²) in [5.74, 6) is 0.303. The van der Waals surface area contributed by atoms with E-state index < -0.39 is 11.5 Å². The summed E-state index contributed by atoms with van der Waals surface area (Å²) in [7, 11) is 0. The molecule has 0 bridgehead atoms. The highest BCUT2D eigenvalue weighted by molar-refractivity contribution is 6.04. The molecule has 1 saturated heterocycles. The van der Waals surface area contributed by atoms with Crippen LogP contribution in [-0.4, -0.2) is 41.5 Å². The van der Waals surface area contributed by atoms with Crippen LogP contribution in [0.15, 0.2) is 0 Å². The van der Waals surface area contributed by atoms with Gasteiger partial charge in [0, 0.05) is 18.8 Å². The zero-order valence-corrected chi connectivity index (χ0v) is 11.1. The van der Waals surface area contributed by atoms with Crippen LogP contribution in [0.3, 0.4) is 0 Å². The maximum atomic E-state index is 12.1. The van der Waals surface area contributed by atoms with E-state index in [1.165, 1.54) is 12.8 Å². The fourth-order valence-electron chi connectivity index (χ4n) is 2.83. The van der Waals surface area contributed by atoms with Crippen LogP contribution in [0.25, 0.3) is 0 Å². The van der Waals surface area contributed by atoms with Crippen molar-refractivity contribution in [3.63, 3.8) is 0 Å². The minimum absolute atomic E-state index is 0.0683. The third kappa shape index (κ3) is 2.26. The molecular formula is C13H22N4O. The first-order valence-electron chi connectivity index (χ1n) is 6.62. The molecule has 5 nitrogen and oxygen atoms in total. The van der Waals surface area contributed by atoms with E-state index >= 15 is 0 Å². The van der Waals surface area contributed by atoms with Crippen molar-refractivity contribution in [1.29, 1.82) is 10.8 Å². The van der Waals surface area contributed by atoms with Gasteiger partial charge in [0.05, 0.1) is 5.41 Å². The van der Waals surface area contributed by atoms with Gasteiger partial charge in [-0.2, -0.15) is 0 Å². The van der Waals surface area contributed by atoms with Gasteiger partial charge < -0.3 is 15.6 Å². The number of amides is 1. The second-order valence-electron chi connectivity index (χ2n) is 5.95. The van der Waals surface area contributed by atoms with Crippen molar-refractivity contribution >= 4 is 18.0 Å². The molecule has 1 saturated carbocycles. The molecule has 0 aromatic heterocycles. The molecule has 3 N–H and O–H groups in total. The van der Waals surface area contributed by atoms with Gasteiger partial charge in [-0.15, -0.1) is 0 Å². The van der Waals surface area contributed by atoms with E-state index in [2.05, 4.69) is 5.32 Å². The zero-order chi connectivity index (χ0) is 13.3. The lowest BCUT2D eigenvalue weighted by atomic mass is 9.91. The second-order valence-corrected chi connectivity index (χ2v) is 5.95. The van der Waals surface area contributed by atoms with Crippen LogP contribution in [0.4, 0.5) is 0 Å². The fraction of sp³-hybridized carbons (Fsp3) is 0.769. The maximum absolute atomic E-state index is 12.1. The number of nitrogens with one attached hydrogen (secondary N) is 3. The van der Waals surface area contributed by atoms with Gasteiger partial charge in [0.25, 0.3) is 0 Å². The first-order valence-corrected chi connectivity index (χ1v) is 6.62. The van der Waals surface area contributed by atoms with Gasteiger partial charge in [0.15, 0.2) is 0 Å². The highest BCUT2D eigenvalue weighted by atomic mass is 16.2. The number of hydrogen-bond donors (Lipinski definition) is 3. The first-order chi connectivity index (χ1) is 8.45. The smallest absolute Gasteiger partial charge is 0.228 e. The van der Waals surface area contributed by atoms with Crippen molar-refractivity contribution < 1.29 is 4.79 Å². The third-order valence-electron chi connectivity index (χ3n) is 4.00. The number of amidine groups is 1. The highest BCUT2D eigenvalue weighted by Gasteiger charge is 2.40. The first kappa shape index (κ1) is 13.1. The Bertz CT molecular complexity index is 371. The molecular weight excluding hydrogens is 228 g/mol. The quantitative estimate of drug-likeness (QED) is 0.647. The van der Waals surface area contributed by atoms with Gasteiger partial charge >= 0.3 is 0 Å². The average molecular weight is 250 g/mol. The number of hydrogen-bond acceptors (Lipinski definition) is 3. The Balaban J connectivity index is 2.27. The molecule has 1 unspecified atom stereocenters. The molecule has 1 atom stereocenters. The summed E-state index contributed by atoms with van der Waals surface area (Å²) in [4.78, 5) is 14.1. The Kier molecular flexibility index (Phi) is 3.41. The third-order valence-corrected chi connectivity index (χ3v) is 4.00. The van der Waals surface area contributed by atoms with E-state index in [9.17, 15) is 4.79 Å². The predicted octanol–water partition coefficient (Wildman–Crippen LogP) is 1.38. The minimum Gasteiger partial charge on any atom is -0.354 e. The van der Waals surface area contributed by atoms with Crippen LogP contribution in [0.1, 0.15) is 39.5 Å². The van der Waals surface area contributed by atoms with Crippen molar-refractivity contribution in [3.8, 4) is 0 Å². The Labute approximate surface area is 108 Å². The molecule has 1 heterocycles. The Morgan fingerprint density at radius 2 is 2.00 bits per heavy atom. The fourth-order valence-corrected chi connectivity index (χ4v) is 2.83.